The monoisotopic (exact) mass is 729 g/mol. The van der Waals surface area contributed by atoms with Crippen LogP contribution in [0, 0.1) is 23.7 Å². The maximum atomic E-state index is 2.53. The third-order valence-corrected chi connectivity index (χ3v) is 15.2. The third-order valence-electron chi connectivity index (χ3n) is 15.2. The summed E-state index contributed by atoms with van der Waals surface area (Å²) in [5.74, 6) is 5.27. The standard InChI is InChI=1S/C55H55N/c1-55(2)52-28-21-44(42-15-13-40(14-16-42)38-9-5-3-6-10-38)34-51(52)50-27-26-49(35-53(50)55)56(47-22-17-41(18-23-47)39-11-7-4-8-12-39)48-24-19-43(20-25-48)54-45-30-36-29-37(32-45)33-46(54)31-36/h3,5-6,9-10,13-28,34-37,39,45-46,54H,4,7-8,11-12,29-33H2,1-2H3. The molecule has 56 heavy (non-hydrogen) atoms. The molecule has 0 heterocycles. The van der Waals surface area contributed by atoms with Crippen molar-refractivity contribution < 1.29 is 0 Å². The second-order valence-electron chi connectivity index (χ2n) is 18.9. The highest BCUT2D eigenvalue weighted by Crippen LogP contribution is 2.60. The van der Waals surface area contributed by atoms with Crippen LogP contribution in [0.4, 0.5) is 17.1 Å². The van der Waals surface area contributed by atoms with Crippen LogP contribution in [-0.2, 0) is 5.41 Å². The molecule has 6 aliphatic rings. The van der Waals surface area contributed by atoms with E-state index >= 15 is 0 Å². The Labute approximate surface area is 334 Å². The van der Waals surface area contributed by atoms with E-state index in [9.17, 15) is 0 Å². The van der Waals surface area contributed by atoms with E-state index in [1.54, 1.807) is 5.56 Å². The molecule has 0 aromatic heterocycles. The average molecular weight is 730 g/mol. The predicted octanol–water partition coefficient (Wildman–Crippen LogP) is 15.4. The van der Waals surface area contributed by atoms with Gasteiger partial charge in [-0.2, -0.15) is 0 Å². The summed E-state index contributed by atoms with van der Waals surface area (Å²) in [6.07, 6.45) is 14.2. The van der Waals surface area contributed by atoms with Gasteiger partial charge in [0.25, 0.3) is 0 Å². The number of benzene rings is 6. The lowest BCUT2D eigenvalue weighted by Crippen LogP contribution is -2.43. The van der Waals surface area contributed by atoms with Gasteiger partial charge in [-0.05, 0) is 179 Å². The molecule has 5 fully saturated rings. The van der Waals surface area contributed by atoms with Crippen molar-refractivity contribution in [2.75, 3.05) is 4.90 Å². The van der Waals surface area contributed by atoms with E-state index in [1.807, 2.05) is 0 Å². The maximum Gasteiger partial charge on any atom is 0.0465 e. The summed E-state index contributed by atoms with van der Waals surface area (Å²) in [5, 5.41) is 0. The van der Waals surface area contributed by atoms with Crippen molar-refractivity contribution in [2.45, 2.75) is 95.3 Å². The first kappa shape index (κ1) is 34.4. The first-order valence-electron chi connectivity index (χ1n) is 21.9. The Morgan fingerprint density at radius 2 is 1.00 bits per heavy atom. The molecule has 280 valence electrons. The van der Waals surface area contributed by atoms with Gasteiger partial charge in [0.2, 0.25) is 0 Å². The average Bonchev–Trinajstić information content (AvgIpc) is 3.47. The van der Waals surface area contributed by atoms with E-state index in [2.05, 4.69) is 158 Å². The fraction of sp³-hybridized carbons (Fsp3) is 0.345. The molecule has 0 saturated heterocycles. The number of anilines is 3. The van der Waals surface area contributed by atoms with Crippen LogP contribution in [-0.4, -0.2) is 0 Å². The van der Waals surface area contributed by atoms with Crippen LogP contribution in [0.5, 0.6) is 0 Å². The van der Waals surface area contributed by atoms with Crippen molar-refractivity contribution in [3.05, 3.63) is 162 Å². The fourth-order valence-electron chi connectivity index (χ4n) is 12.6. The van der Waals surface area contributed by atoms with Crippen molar-refractivity contribution in [2.24, 2.45) is 23.7 Å². The molecule has 4 bridgehead atoms. The Bertz CT molecular complexity index is 2330. The van der Waals surface area contributed by atoms with Crippen LogP contribution in [0.25, 0.3) is 33.4 Å². The van der Waals surface area contributed by atoms with Crippen LogP contribution >= 0.6 is 0 Å². The van der Waals surface area contributed by atoms with Crippen molar-refractivity contribution in [1.29, 1.82) is 0 Å². The van der Waals surface area contributed by atoms with Crippen molar-refractivity contribution in [3.63, 3.8) is 0 Å². The summed E-state index contributed by atoms with van der Waals surface area (Å²) in [6, 6.07) is 53.8. The molecule has 5 saturated carbocycles. The van der Waals surface area contributed by atoms with Gasteiger partial charge in [0.1, 0.15) is 0 Å². The van der Waals surface area contributed by atoms with E-state index in [0.717, 1.165) is 29.6 Å². The van der Waals surface area contributed by atoms with Gasteiger partial charge in [0.05, 0.1) is 0 Å². The van der Waals surface area contributed by atoms with Gasteiger partial charge in [-0.15, -0.1) is 0 Å². The second-order valence-corrected chi connectivity index (χ2v) is 18.9. The van der Waals surface area contributed by atoms with Gasteiger partial charge in [0, 0.05) is 22.5 Å². The molecule has 0 spiro atoms. The Morgan fingerprint density at radius 3 is 1.64 bits per heavy atom. The summed E-state index contributed by atoms with van der Waals surface area (Å²) >= 11 is 0. The van der Waals surface area contributed by atoms with Gasteiger partial charge >= 0.3 is 0 Å². The second kappa shape index (κ2) is 13.7. The molecular formula is C55H55N. The number of fused-ring (bicyclic) bond motifs is 3. The van der Waals surface area contributed by atoms with Crippen LogP contribution in [0.15, 0.2) is 140 Å². The minimum Gasteiger partial charge on any atom is -0.310 e. The van der Waals surface area contributed by atoms with E-state index in [1.165, 1.54) is 131 Å². The van der Waals surface area contributed by atoms with Gasteiger partial charge in [0.15, 0.2) is 0 Å². The highest BCUT2D eigenvalue weighted by molar-refractivity contribution is 5.88. The minimum absolute atomic E-state index is 0.101. The quantitative estimate of drug-likeness (QED) is 0.158. The SMILES string of the molecule is CC1(C)c2ccc(-c3ccc(-c4ccccc4)cc3)cc2-c2ccc(N(c3ccc(C4CCCCC4)cc3)c3ccc(C4C5CC6CC(C5)CC4C6)cc3)cc21. The molecule has 0 unspecified atom stereocenters. The highest BCUT2D eigenvalue weighted by Gasteiger charge is 2.48. The van der Waals surface area contributed by atoms with Gasteiger partial charge in [-0.25, -0.2) is 0 Å². The summed E-state index contributed by atoms with van der Waals surface area (Å²) in [6.45, 7) is 4.83. The summed E-state index contributed by atoms with van der Waals surface area (Å²) in [4.78, 5) is 2.53. The molecule has 6 aliphatic carbocycles. The molecule has 0 N–H and O–H groups in total. The molecule has 6 aromatic carbocycles. The molecule has 1 heteroatoms. The third kappa shape index (κ3) is 5.88. The van der Waals surface area contributed by atoms with Gasteiger partial charge in [-0.3, -0.25) is 0 Å². The zero-order chi connectivity index (χ0) is 37.4. The van der Waals surface area contributed by atoms with Crippen LogP contribution < -0.4 is 4.90 Å². The molecule has 0 atom stereocenters. The molecule has 1 nitrogen and oxygen atoms in total. The van der Waals surface area contributed by atoms with Crippen molar-refractivity contribution >= 4 is 17.1 Å². The lowest BCUT2D eigenvalue weighted by molar-refractivity contribution is -0.00277. The first-order chi connectivity index (χ1) is 27.5. The number of hydrogen-bond donors (Lipinski definition) is 0. The Hall–Kier alpha value is -4.88. The Kier molecular flexibility index (Phi) is 8.38. The lowest BCUT2D eigenvalue weighted by atomic mass is 9.51. The molecule has 0 radical (unpaired) electrons. The largest absolute Gasteiger partial charge is 0.310 e. The zero-order valence-corrected chi connectivity index (χ0v) is 33.3. The van der Waals surface area contributed by atoms with Crippen molar-refractivity contribution in [1.82, 2.24) is 0 Å². The van der Waals surface area contributed by atoms with Gasteiger partial charge in [-0.1, -0.05) is 130 Å². The van der Waals surface area contributed by atoms with Crippen molar-refractivity contribution in [3.8, 4) is 33.4 Å². The lowest BCUT2D eigenvalue weighted by Gasteiger charge is -2.54. The normalized spacial score (nSPS) is 24.5. The fourth-order valence-corrected chi connectivity index (χ4v) is 12.6. The van der Waals surface area contributed by atoms with Crippen LogP contribution in [0.3, 0.4) is 0 Å². The maximum absolute atomic E-state index is 2.53. The molecule has 6 aromatic rings. The molecule has 0 aliphatic heterocycles. The van der Waals surface area contributed by atoms with E-state index < -0.39 is 0 Å². The summed E-state index contributed by atoms with van der Waals surface area (Å²) < 4.78 is 0. The Balaban J connectivity index is 0.946. The highest BCUT2D eigenvalue weighted by atomic mass is 15.1. The molecule has 0 amide bonds. The van der Waals surface area contributed by atoms with E-state index in [-0.39, 0.29) is 5.41 Å². The topological polar surface area (TPSA) is 3.24 Å². The Morgan fingerprint density at radius 1 is 0.446 bits per heavy atom. The van der Waals surface area contributed by atoms with Crippen LogP contribution in [0.2, 0.25) is 0 Å². The number of hydrogen-bond acceptors (Lipinski definition) is 1. The summed E-state index contributed by atoms with van der Waals surface area (Å²) in [7, 11) is 0. The number of rotatable bonds is 7. The number of nitrogens with zero attached hydrogens (tertiary/aromatic N) is 1. The smallest absolute Gasteiger partial charge is 0.0465 e. The van der Waals surface area contributed by atoms with Crippen LogP contribution in [0.1, 0.15) is 112 Å². The summed E-state index contributed by atoms with van der Waals surface area (Å²) in [5.41, 5.74) is 17.4. The van der Waals surface area contributed by atoms with E-state index in [4.69, 9.17) is 0 Å². The van der Waals surface area contributed by atoms with E-state index in [0.29, 0.717) is 5.92 Å². The molecular weight excluding hydrogens is 675 g/mol. The predicted molar refractivity (Wildman–Crippen MR) is 235 cm³/mol. The first-order valence-corrected chi connectivity index (χ1v) is 21.9. The zero-order valence-electron chi connectivity index (χ0n) is 33.3. The minimum atomic E-state index is -0.101. The molecule has 12 rings (SSSR count). The van der Waals surface area contributed by atoms with Gasteiger partial charge < -0.3 is 4.90 Å².